The van der Waals surface area contributed by atoms with Gasteiger partial charge in [0, 0.05) is 0 Å². The zero-order valence-electron chi connectivity index (χ0n) is 7.76. The van der Waals surface area contributed by atoms with Crippen LogP contribution in [0.3, 0.4) is 0 Å². The van der Waals surface area contributed by atoms with Gasteiger partial charge in [0.25, 0.3) is 0 Å². The molecule has 0 bridgehead atoms. The van der Waals surface area contributed by atoms with Gasteiger partial charge in [-0.3, -0.25) is 0 Å². The van der Waals surface area contributed by atoms with E-state index < -0.39 is 40.1 Å². The van der Waals surface area contributed by atoms with Crippen LogP contribution in [0.1, 0.15) is 0 Å². The summed E-state index contributed by atoms with van der Waals surface area (Å²) >= 11 is -16.9. The molecule has 0 amide bonds. The van der Waals surface area contributed by atoms with Gasteiger partial charge < -0.3 is 0 Å². The van der Waals surface area contributed by atoms with Crippen LogP contribution >= 0.6 is 0 Å². The maximum atomic E-state index is 8.58. The summed E-state index contributed by atoms with van der Waals surface area (Å²) in [5.74, 6) is 0. The van der Waals surface area contributed by atoms with Gasteiger partial charge in [-0.2, -0.15) is 0 Å². The average Bonchev–Trinajstić information content (AvgIpc) is 1.41. The van der Waals surface area contributed by atoms with Crippen molar-refractivity contribution in [2.24, 2.45) is 0 Å². The van der Waals surface area contributed by atoms with Crippen LogP contribution in [0, 0.1) is 0 Å². The van der Waals surface area contributed by atoms with Crippen molar-refractivity contribution in [3.63, 3.8) is 0 Å². The molecule has 12 nitrogen and oxygen atoms in total. The molecule has 0 aromatic carbocycles. The van der Waals surface area contributed by atoms with Gasteiger partial charge in [-0.15, -0.1) is 0 Å². The fourth-order valence-electron chi connectivity index (χ4n) is 0. The average molecular weight is 490 g/mol. The first-order chi connectivity index (χ1) is 6.00. The van der Waals surface area contributed by atoms with E-state index in [9.17, 15) is 0 Å². The predicted molar refractivity (Wildman–Crippen MR) is 4.12 cm³/mol. The summed E-state index contributed by atoms with van der Waals surface area (Å²) in [7, 11) is 0. The van der Waals surface area contributed by atoms with E-state index in [1.807, 2.05) is 0 Å². The van der Waals surface area contributed by atoms with Gasteiger partial charge in [-0.1, -0.05) is 0 Å². The Labute approximate surface area is 150 Å². The summed E-state index contributed by atoms with van der Waals surface area (Å²) < 4.78 is 103. The first kappa shape index (κ1) is 36.9. The van der Waals surface area contributed by atoms with Crippen molar-refractivity contribution in [3.8, 4) is 0 Å². The second-order valence-electron chi connectivity index (χ2n) is 1.13. The predicted octanol–water partition coefficient (Wildman–Crippen LogP) is -10.9. The molecule has 1 radical (unpaired) electrons. The van der Waals surface area contributed by atoms with E-state index in [0.29, 0.717) is 0 Å². The monoisotopic (exact) mass is 490 g/mol. The molecule has 0 saturated carbocycles. The molecule has 0 heterocycles. The van der Waals surface area contributed by atoms with E-state index >= 15 is 0 Å². The Morgan fingerprint density at radius 1 is 0.500 bits per heavy atom. The van der Waals surface area contributed by atoms with E-state index in [1.54, 1.807) is 0 Å². The first-order valence-electron chi connectivity index (χ1n) is 1.85. The number of rotatable bonds is 0. The van der Waals surface area contributed by atoms with Crippen molar-refractivity contribution in [3.05, 3.63) is 0 Å². The van der Waals surface area contributed by atoms with E-state index in [-0.39, 0.29) is 63.4 Å². The van der Waals surface area contributed by atoms with Crippen molar-refractivity contribution in [2.75, 3.05) is 0 Å². The first-order valence-corrected chi connectivity index (χ1v) is 7.63. The molecule has 0 rings (SSSR count). The molecule has 0 saturated heterocycles. The van der Waals surface area contributed by atoms with Crippen LogP contribution in [0.5, 0.6) is 0 Å². The van der Waals surface area contributed by atoms with E-state index in [2.05, 4.69) is 0 Å². The van der Waals surface area contributed by atoms with Gasteiger partial charge in [0.05, 0.1) is 0 Å². The minimum atomic E-state index is -5.62. The summed E-state index contributed by atoms with van der Waals surface area (Å²) in [6.45, 7) is 0. The molecule has 0 aromatic heterocycles. The molecule has 0 aliphatic rings. The van der Waals surface area contributed by atoms with E-state index in [0.717, 1.165) is 0 Å². The summed E-state index contributed by atoms with van der Waals surface area (Å²) in [6.07, 6.45) is 0. The Morgan fingerprint density at radius 2 is 0.500 bits per heavy atom. The third kappa shape index (κ3) is 1160. The van der Waals surface area contributed by atoms with Crippen LogP contribution in [0.15, 0.2) is 0 Å². The Balaban J connectivity index is -0.0000000277. The Kier molecular flexibility index (Phi) is 31.8. The molecule has 0 atom stereocenters. The van der Waals surface area contributed by atoms with Crippen molar-refractivity contribution in [1.82, 2.24) is 0 Å². The quantitative estimate of drug-likeness (QED) is 0.287. The van der Waals surface area contributed by atoms with Crippen LogP contribution in [-0.4, -0.2) is 0 Å². The van der Waals surface area contributed by atoms with Crippen LogP contribution in [0.25, 0.3) is 0 Å². The Hall–Kier alpha value is 2.14. The summed E-state index contributed by atoms with van der Waals surface area (Å²) in [4.78, 5) is 0. The van der Waals surface area contributed by atoms with E-state index in [1.165, 1.54) is 0 Å². The van der Waals surface area contributed by atoms with Crippen LogP contribution in [-0.2, 0) is 97.0 Å². The molecule has 0 unspecified atom stereocenters. The standard InChI is InChI=1S/Cr.3Mn.Na.Ni.12O/q+3;;;;+1;+2;;;;;;;6*-1. The molecular formula is CrMn3NaNiO12. The summed E-state index contributed by atoms with van der Waals surface area (Å²) in [5.41, 5.74) is 0. The molecular weight excluding hydrogens is 490 g/mol. The van der Waals surface area contributed by atoms with Crippen molar-refractivity contribution >= 4 is 0 Å². The molecule has 0 spiro atoms. The fraction of sp³-hybridized carbons (Fsp3) is 0. The van der Waals surface area contributed by atoms with Gasteiger partial charge in [0.15, 0.2) is 0 Å². The third-order valence-electron chi connectivity index (χ3n) is 0. The Morgan fingerprint density at radius 3 is 0.500 bits per heavy atom. The molecule has 0 aliphatic heterocycles. The molecule has 0 aromatic rings. The van der Waals surface area contributed by atoms with Gasteiger partial charge in [0.2, 0.25) is 0 Å². The topological polar surface area (TPSA) is 241 Å². The normalized spacial score (nSPS) is 9.67. The molecule has 0 N–H and O–H groups in total. The van der Waals surface area contributed by atoms with Crippen LogP contribution in [0.2, 0.25) is 0 Å². The minimum absolute atomic E-state index is 0. The SMILES string of the molecule is [Cr+3].[Na+].[Ni+2].[O]=[Mn](=[O])([O-])[O-].[O]=[Mn](=[O])([O-])[O-].[O]=[Mn](=[O])([O-])[O-]. The third-order valence-corrected chi connectivity index (χ3v) is 0. The van der Waals surface area contributed by atoms with Gasteiger partial charge >= 0.3 is 152 Å². The molecule has 18 heteroatoms. The zero-order valence-corrected chi connectivity index (χ0v) is 15.6. The summed E-state index contributed by atoms with van der Waals surface area (Å²) in [5, 5.41) is 0. The van der Waals surface area contributed by atoms with Crippen molar-refractivity contribution in [1.29, 1.82) is 0 Å². The Bertz CT molecular complexity index is 348. The maximum absolute atomic E-state index is 8.58. The van der Waals surface area contributed by atoms with Gasteiger partial charge in [-0.25, -0.2) is 0 Å². The zero-order chi connectivity index (χ0) is 13.5. The number of hydrogen-bond donors (Lipinski definition) is 0. The molecule has 110 valence electrons. The summed E-state index contributed by atoms with van der Waals surface area (Å²) in [6, 6.07) is 0. The molecule has 0 aliphatic carbocycles. The number of hydrogen-bond acceptors (Lipinski definition) is 12. The van der Waals surface area contributed by atoms with Crippen molar-refractivity contribution < 1.29 is 152 Å². The van der Waals surface area contributed by atoms with E-state index in [4.69, 9.17) is 48.1 Å². The van der Waals surface area contributed by atoms with Gasteiger partial charge in [0.1, 0.15) is 0 Å². The second-order valence-corrected chi connectivity index (χ2v) is 4.68. The van der Waals surface area contributed by atoms with Crippen LogP contribution in [0.4, 0.5) is 0 Å². The fourth-order valence-corrected chi connectivity index (χ4v) is 0. The van der Waals surface area contributed by atoms with Gasteiger partial charge in [-0.05, 0) is 0 Å². The molecule has 0 fully saturated rings. The van der Waals surface area contributed by atoms with Crippen molar-refractivity contribution in [2.45, 2.75) is 0 Å². The van der Waals surface area contributed by atoms with Crippen LogP contribution < -0.4 is 54.7 Å². The second kappa shape index (κ2) is 15.5. The molecule has 18 heavy (non-hydrogen) atoms.